The van der Waals surface area contributed by atoms with Gasteiger partial charge in [0.2, 0.25) is 5.82 Å². The standard InChI is InChI=1S/C17H16FN5O/c1-10-8-11(2)23-17(19-10)20-15(21-23)16(24)22-7-3-4-12-9-13(18)5-6-14(12)22/h5-6,8-9H,3-4,7H2,1-2H3. The number of nitrogens with zero attached hydrogens (tertiary/aromatic N) is 5. The number of amides is 1. The summed E-state index contributed by atoms with van der Waals surface area (Å²) in [7, 11) is 0. The van der Waals surface area contributed by atoms with Crippen molar-refractivity contribution < 1.29 is 9.18 Å². The molecule has 122 valence electrons. The highest BCUT2D eigenvalue weighted by Gasteiger charge is 2.27. The second-order valence-electron chi connectivity index (χ2n) is 6.02. The molecule has 0 saturated carbocycles. The summed E-state index contributed by atoms with van der Waals surface area (Å²) in [6.45, 7) is 4.33. The molecule has 1 amide bonds. The van der Waals surface area contributed by atoms with E-state index in [2.05, 4.69) is 15.1 Å². The van der Waals surface area contributed by atoms with Crippen LogP contribution in [0.4, 0.5) is 10.1 Å². The number of rotatable bonds is 1. The predicted molar refractivity (Wildman–Crippen MR) is 86.7 cm³/mol. The zero-order chi connectivity index (χ0) is 16.8. The summed E-state index contributed by atoms with van der Waals surface area (Å²) in [6, 6.07) is 6.39. The molecule has 1 aromatic carbocycles. The summed E-state index contributed by atoms with van der Waals surface area (Å²) in [5.74, 6) is -0.0603. The molecule has 3 aromatic rings. The van der Waals surface area contributed by atoms with Crippen LogP contribution in [0.1, 0.15) is 34.0 Å². The average molecular weight is 325 g/mol. The van der Waals surface area contributed by atoms with Gasteiger partial charge < -0.3 is 4.90 Å². The molecule has 0 N–H and O–H groups in total. The topological polar surface area (TPSA) is 63.4 Å². The molecule has 24 heavy (non-hydrogen) atoms. The van der Waals surface area contributed by atoms with Crippen LogP contribution in [0.15, 0.2) is 24.3 Å². The molecule has 0 radical (unpaired) electrons. The third-order valence-corrected chi connectivity index (χ3v) is 4.21. The Labute approximate surface area is 138 Å². The van der Waals surface area contributed by atoms with E-state index in [1.165, 1.54) is 12.1 Å². The lowest BCUT2D eigenvalue weighted by atomic mass is 10.0. The minimum Gasteiger partial charge on any atom is -0.305 e. The lowest BCUT2D eigenvalue weighted by molar-refractivity contribution is 0.0975. The second kappa shape index (κ2) is 5.36. The van der Waals surface area contributed by atoms with E-state index in [0.29, 0.717) is 12.3 Å². The quantitative estimate of drug-likeness (QED) is 0.689. The maximum Gasteiger partial charge on any atom is 0.298 e. The van der Waals surface area contributed by atoms with Gasteiger partial charge in [0.05, 0.1) is 0 Å². The number of aryl methyl sites for hydroxylation is 3. The van der Waals surface area contributed by atoms with E-state index in [1.54, 1.807) is 15.5 Å². The van der Waals surface area contributed by atoms with Crippen molar-refractivity contribution >= 4 is 17.4 Å². The molecule has 1 aliphatic heterocycles. The van der Waals surface area contributed by atoms with Gasteiger partial charge in [0.25, 0.3) is 11.7 Å². The monoisotopic (exact) mass is 325 g/mol. The molecule has 6 nitrogen and oxygen atoms in total. The van der Waals surface area contributed by atoms with Crippen molar-refractivity contribution in [2.45, 2.75) is 26.7 Å². The van der Waals surface area contributed by atoms with Gasteiger partial charge in [-0.25, -0.2) is 13.9 Å². The summed E-state index contributed by atoms with van der Waals surface area (Å²) < 4.78 is 15.0. The number of anilines is 1. The van der Waals surface area contributed by atoms with E-state index < -0.39 is 0 Å². The molecule has 0 atom stereocenters. The molecular weight excluding hydrogens is 309 g/mol. The zero-order valence-corrected chi connectivity index (χ0v) is 13.5. The Kier molecular flexibility index (Phi) is 3.30. The van der Waals surface area contributed by atoms with Crippen LogP contribution in [-0.4, -0.2) is 32.0 Å². The van der Waals surface area contributed by atoms with Gasteiger partial charge in [-0.05, 0) is 56.5 Å². The normalized spacial score (nSPS) is 14.0. The minimum absolute atomic E-state index is 0.105. The number of benzene rings is 1. The maximum atomic E-state index is 13.4. The van der Waals surface area contributed by atoms with Crippen molar-refractivity contribution in [3.63, 3.8) is 0 Å². The smallest absolute Gasteiger partial charge is 0.298 e. The van der Waals surface area contributed by atoms with Crippen molar-refractivity contribution in [2.75, 3.05) is 11.4 Å². The second-order valence-corrected chi connectivity index (χ2v) is 6.02. The maximum absolute atomic E-state index is 13.4. The molecular formula is C17H16FN5O. The highest BCUT2D eigenvalue weighted by molar-refractivity contribution is 6.04. The molecule has 0 bridgehead atoms. The first-order valence-electron chi connectivity index (χ1n) is 7.84. The van der Waals surface area contributed by atoms with E-state index in [9.17, 15) is 9.18 Å². The molecule has 4 rings (SSSR count). The Bertz CT molecular complexity index is 965. The van der Waals surface area contributed by atoms with Gasteiger partial charge in [0.1, 0.15) is 5.82 Å². The molecule has 0 unspecified atom stereocenters. The van der Waals surface area contributed by atoms with Crippen LogP contribution >= 0.6 is 0 Å². The van der Waals surface area contributed by atoms with Gasteiger partial charge in [-0.2, -0.15) is 4.98 Å². The van der Waals surface area contributed by atoms with Crippen LogP contribution in [0.3, 0.4) is 0 Å². The summed E-state index contributed by atoms with van der Waals surface area (Å²) in [5, 5.41) is 4.30. The van der Waals surface area contributed by atoms with Crippen molar-refractivity contribution in [3.05, 3.63) is 52.9 Å². The highest BCUT2D eigenvalue weighted by Crippen LogP contribution is 2.28. The number of carbonyl (C=O) groups excluding carboxylic acids is 1. The first-order chi connectivity index (χ1) is 11.5. The third kappa shape index (κ3) is 2.33. The van der Waals surface area contributed by atoms with Crippen LogP contribution in [0.2, 0.25) is 0 Å². The fraction of sp³-hybridized carbons (Fsp3) is 0.294. The average Bonchev–Trinajstić information content (AvgIpc) is 2.97. The number of fused-ring (bicyclic) bond motifs is 2. The number of hydrogen-bond donors (Lipinski definition) is 0. The van der Waals surface area contributed by atoms with E-state index in [0.717, 1.165) is 35.5 Å². The van der Waals surface area contributed by atoms with Gasteiger partial charge in [-0.3, -0.25) is 4.79 Å². The Morgan fingerprint density at radius 1 is 1.21 bits per heavy atom. The SMILES string of the molecule is Cc1cc(C)n2nc(C(=O)N3CCCc4cc(F)ccc43)nc2n1. The molecule has 7 heteroatoms. The van der Waals surface area contributed by atoms with Gasteiger partial charge in [-0.1, -0.05) is 0 Å². The van der Waals surface area contributed by atoms with E-state index in [4.69, 9.17) is 0 Å². The van der Waals surface area contributed by atoms with Crippen LogP contribution < -0.4 is 4.90 Å². The van der Waals surface area contributed by atoms with Gasteiger partial charge in [-0.15, -0.1) is 5.10 Å². The minimum atomic E-state index is -0.288. The summed E-state index contributed by atoms with van der Waals surface area (Å²) >= 11 is 0. The molecule has 0 aliphatic carbocycles. The van der Waals surface area contributed by atoms with Crippen molar-refractivity contribution in [2.24, 2.45) is 0 Å². The van der Waals surface area contributed by atoms with Gasteiger partial charge >= 0.3 is 0 Å². The predicted octanol–water partition coefficient (Wildman–Crippen LogP) is 2.47. The van der Waals surface area contributed by atoms with Crippen LogP contribution in [0.25, 0.3) is 5.78 Å². The van der Waals surface area contributed by atoms with Crippen molar-refractivity contribution in [1.82, 2.24) is 19.6 Å². The van der Waals surface area contributed by atoms with Crippen LogP contribution in [-0.2, 0) is 6.42 Å². The third-order valence-electron chi connectivity index (χ3n) is 4.21. The van der Waals surface area contributed by atoms with E-state index in [1.807, 2.05) is 19.9 Å². The lowest BCUT2D eigenvalue weighted by Crippen LogP contribution is -2.36. The van der Waals surface area contributed by atoms with Crippen LogP contribution in [0, 0.1) is 19.7 Å². The Balaban J connectivity index is 1.76. The van der Waals surface area contributed by atoms with Crippen molar-refractivity contribution in [1.29, 1.82) is 0 Å². The molecule has 3 heterocycles. The zero-order valence-electron chi connectivity index (χ0n) is 13.5. The molecule has 0 fully saturated rings. The Morgan fingerprint density at radius 2 is 2.04 bits per heavy atom. The first-order valence-corrected chi connectivity index (χ1v) is 7.84. The Morgan fingerprint density at radius 3 is 2.88 bits per heavy atom. The number of hydrogen-bond acceptors (Lipinski definition) is 4. The molecule has 0 spiro atoms. The highest BCUT2D eigenvalue weighted by atomic mass is 19.1. The fourth-order valence-electron chi connectivity index (χ4n) is 3.15. The Hall–Kier alpha value is -2.83. The summed E-state index contributed by atoms with van der Waals surface area (Å²) in [5.41, 5.74) is 3.26. The van der Waals surface area contributed by atoms with Gasteiger partial charge in [0, 0.05) is 23.6 Å². The summed E-state index contributed by atoms with van der Waals surface area (Å²) in [4.78, 5) is 23.1. The molecule has 2 aromatic heterocycles. The first kappa shape index (κ1) is 14.7. The number of halogens is 1. The summed E-state index contributed by atoms with van der Waals surface area (Å²) in [6.07, 6.45) is 1.54. The van der Waals surface area contributed by atoms with Crippen molar-refractivity contribution in [3.8, 4) is 0 Å². The number of aromatic nitrogens is 4. The lowest BCUT2D eigenvalue weighted by Gasteiger charge is -2.28. The molecule has 1 aliphatic rings. The largest absolute Gasteiger partial charge is 0.305 e. The van der Waals surface area contributed by atoms with Gasteiger partial charge in [0.15, 0.2) is 0 Å². The van der Waals surface area contributed by atoms with Crippen LogP contribution in [0.5, 0.6) is 0 Å². The van der Waals surface area contributed by atoms with E-state index in [-0.39, 0.29) is 17.5 Å². The fourth-order valence-corrected chi connectivity index (χ4v) is 3.15. The number of carbonyl (C=O) groups is 1. The van der Waals surface area contributed by atoms with E-state index >= 15 is 0 Å². The molecule has 0 saturated heterocycles.